The van der Waals surface area contributed by atoms with Crippen molar-refractivity contribution in [3.63, 3.8) is 0 Å². The molecule has 5 nitrogen and oxygen atoms in total. The molecule has 0 saturated heterocycles. The van der Waals surface area contributed by atoms with Gasteiger partial charge in [-0.1, -0.05) is 17.7 Å². The number of rotatable bonds is 4. The topological polar surface area (TPSA) is 80.7 Å². The average Bonchev–Trinajstić information content (AvgIpc) is 2.23. The summed E-state index contributed by atoms with van der Waals surface area (Å²) in [5.41, 5.74) is 1.51. The Morgan fingerprint density at radius 1 is 1.37 bits per heavy atom. The number of ether oxygens (including phenoxy) is 1. The summed E-state index contributed by atoms with van der Waals surface area (Å²) in [6.07, 6.45) is 2.45. The lowest BCUT2D eigenvalue weighted by atomic mass is 10.1. The minimum atomic E-state index is -4.34. The van der Waals surface area contributed by atoms with Crippen LogP contribution in [0.15, 0.2) is 23.1 Å². The van der Waals surface area contributed by atoms with Gasteiger partial charge in [0.25, 0.3) is 10.1 Å². The first-order valence-electron chi connectivity index (χ1n) is 5.69. The van der Waals surface area contributed by atoms with Crippen LogP contribution < -0.4 is 0 Å². The van der Waals surface area contributed by atoms with Crippen molar-refractivity contribution >= 4 is 22.2 Å². The van der Waals surface area contributed by atoms with Gasteiger partial charge < -0.3 is 4.74 Å². The third-order valence-electron chi connectivity index (χ3n) is 2.39. The molecule has 0 saturated carbocycles. The molecule has 1 rings (SSSR count). The van der Waals surface area contributed by atoms with E-state index in [4.69, 9.17) is 4.74 Å². The summed E-state index contributed by atoms with van der Waals surface area (Å²) in [6.45, 7) is 5.29. The van der Waals surface area contributed by atoms with Gasteiger partial charge in [-0.05, 0) is 38.0 Å². The van der Waals surface area contributed by atoms with E-state index in [2.05, 4.69) is 0 Å². The molecule has 19 heavy (non-hydrogen) atoms. The molecule has 104 valence electrons. The molecule has 1 aromatic rings. The van der Waals surface area contributed by atoms with Gasteiger partial charge in [-0.2, -0.15) is 8.42 Å². The molecule has 0 fully saturated rings. The molecule has 1 N–H and O–H groups in total. The molecule has 0 heterocycles. The molecule has 0 aromatic heterocycles. The van der Waals surface area contributed by atoms with Gasteiger partial charge in [0.15, 0.2) is 0 Å². The van der Waals surface area contributed by atoms with Gasteiger partial charge in [0.05, 0.1) is 6.61 Å². The van der Waals surface area contributed by atoms with Gasteiger partial charge in [0.1, 0.15) is 4.90 Å². The molecule has 6 heteroatoms. The van der Waals surface area contributed by atoms with Crippen molar-refractivity contribution in [1.82, 2.24) is 0 Å². The smallest absolute Gasteiger partial charge is 0.330 e. The molecule has 0 aliphatic carbocycles. The number of benzene rings is 1. The number of aryl methyl sites for hydroxylation is 2. The van der Waals surface area contributed by atoms with Crippen LogP contribution in [0.5, 0.6) is 0 Å². The number of hydrogen-bond acceptors (Lipinski definition) is 4. The van der Waals surface area contributed by atoms with E-state index in [1.807, 2.05) is 0 Å². The Hall–Kier alpha value is -1.66. The second-order valence-corrected chi connectivity index (χ2v) is 5.42. The quantitative estimate of drug-likeness (QED) is 0.520. The van der Waals surface area contributed by atoms with E-state index in [1.54, 1.807) is 32.9 Å². The van der Waals surface area contributed by atoms with E-state index in [0.29, 0.717) is 5.56 Å². The van der Waals surface area contributed by atoms with Crippen molar-refractivity contribution in [1.29, 1.82) is 0 Å². The SMILES string of the molecule is CCOC(=O)/C=C/c1cc(C)cc(C)c1S(=O)(=O)O. The van der Waals surface area contributed by atoms with Gasteiger partial charge in [-0.15, -0.1) is 0 Å². The monoisotopic (exact) mass is 284 g/mol. The van der Waals surface area contributed by atoms with E-state index >= 15 is 0 Å². The maximum absolute atomic E-state index is 11.4. The summed E-state index contributed by atoms with van der Waals surface area (Å²) >= 11 is 0. The summed E-state index contributed by atoms with van der Waals surface area (Å²) in [4.78, 5) is 11.0. The fourth-order valence-corrected chi connectivity index (χ4v) is 2.70. The van der Waals surface area contributed by atoms with Crippen LogP contribution in [0.25, 0.3) is 6.08 Å². The minimum Gasteiger partial charge on any atom is -0.463 e. The summed E-state index contributed by atoms with van der Waals surface area (Å²) in [7, 11) is -4.34. The number of hydrogen-bond donors (Lipinski definition) is 1. The third-order valence-corrected chi connectivity index (χ3v) is 3.46. The van der Waals surface area contributed by atoms with E-state index in [-0.39, 0.29) is 17.1 Å². The zero-order valence-electron chi connectivity index (χ0n) is 11.0. The van der Waals surface area contributed by atoms with Crippen LogP contribution in [0.3, 0.4) is 0 Å². The molecule has 0 aliphatic rings. The molecule has 0 radical (unpaired) electrons. The molecular weight excluding hydrogens is 268 g/mol. The lowest BCUT2D eigenvalue weighted by Gasteiger charge is -2.08. The van der Waals surface area contributed by atoms with Crippen LogP contribution in [0.4, 0.5) is 0 Å². The van der Waals surface area contributed by atoms with Crippen molar-refractivity contribution in [3.05, 3.63) is 34.9 Å². The summed E-state index contributed by atoms with van der Waals surface area (Å²) in [6, 6.07) is 3.22. The highest BCUT2D eigenvalue weighted by Gasteiger charge is 2.17. The lowest BCUT2D eigenvalue weighted by molar-refractivity contribution is -0.137. The molecule has 0 amide bonds. The Labute approximate surface area is 112 Å². The maximum Gasteiger partial charge on any atom is 0.330 e. The van der Waals surface area contributed by atoms with Gasteiger partial charge in [-0.25, -0.2) is 4.79 Å². The molecule has 0 aliphatic heterocycles. The predicted molar refractivity (Wildman–Crippen MR) is 71.4 cm³/mol. The zero-order chi connectivity index (χ0) is 14.6. The number of esters is 1. The summed E-state index contributed by atoms with van der Waals surface area (Å²) < 4.78 is 36.7. The molecule has 0 atom stereocenters. The first-order valence-corrected chi connectivity index (χ1v) is 7.13. The van der Waals surface area contributed by atoms with Gasteiger partial charge in [-0.3, -0.25) is 4.55 Å². The molecular formula is C13H16O5S. The van der Waals surface area contributed by atoms with Crippen LogP contribution in [-0.2, 0) is 19.6 Å². The molecule has 0 bridgehead atoms. The van der Waals surface area contributed by atoms with Crippen LogP contribution in [0.2, 0.25) is 0 Å². The van der Waals surface area contributed by atoms with Gasteiger partial charge >= 0.3 is 5.97 Å². The Balaban J connectivity index is 3.31. The molecule has 0 spiro atoms. The highest BCUT2D eigenvalue weighted by molar-refractivity contribution is 7.86. The van der Waals surface area contributed by atoms with Crippen molar-refractivity contribution < 1.29 is 22.5 Å². The number of carbonyl (C=O) groups is 1. The first kappa shape index (κ1) is 15.4. The predicted octanol–water partition coefficient (Wildman–Crippen LogP) is 2.13. The Morgan fingerprint density at radius 3 is 2.53 bits per heavy atom. The van der Waals surface area contributed by atoms with Crippen molar-refractivity contribution in [3.8, 4) is 0 Å². The van der Waals surface area contributed by atoms with Crippen LogP contribution in [0.1, 0.15) is 23.6 Å². The van der Waals surface area contributed by atoms with Crippen LogP contribution >= 0.6 is 0 Å². The van der Waals surface area contributed by atoms with Crippen molar-refractivity contribution in [2.75, 3.05) is 6.61 Å². The second-order valence-electron chi connectivity index (χ2n) is 4.06. The molecule has 1 aromatic carbocycles. The zero-order valence-corrected chi connectivity index (χ0v) is 11.8. The minimum absolute atomic E-state index is 0.196. The Kier molecular flexibility index (Phi) is 4.85. The highest BCUT2D eigenvalue weighted by atomic mass is 32.2. The number of carbonyl (C=O) groups excluding carboxylic acids is 1. The van der Waals surface area contributed by atoms with Gasteiger partial charge in [0, 0.05) is 6.08 Å². The van der Waals surface area contributed by atoms with E-state index < -0.39 is 16.1 Å². The van der Waals surface area contributed by atoms with E-state index in [9.17, 15) is 17.8 Å². The Morgan fingerprint density at radius 2 is 2.00 bits per heavy atom. The van der Waals surface area contributed by atoms with Crippen molar-refractivity contribution in [2.24, 2.45) is 0 Å². The largest absolute Gasteiger partial charge is 0.463 e. The fourth-order valence-electron chi connectivity index (χ4n) is 1.81. The van der Waals surface area contributed by atoms with Crippen LogP contribution in [0, 0.1) is 13.8 Å². The highest BCUT2D eigenvalue weighted by Crippen LogP contribution is 2.23. The maximum atomic E-state index is 11.4. The average molecular weight is 284 g/mol. The lowest BCUT2D eigenvalue weighted by Crippen LogP contribution is -2.05. The van der Waals surface area contributed by atoms with Gasteiger partial charge in [0.2, 0.25) is 0 Å². The summed E-state index contributed by atoms with van der Waals surface area (Å²) in [5.74, 6) is -0.567. The third kappa shape index (κ3) is 4.18. The first-order chi connectivity index (χ1) is 8.75. The van der Waals surface area contributed by atoms with E-state index in [0.717, 1.165) is 11.6 Å². The summed E-state index contributed by atoms with van der Waals surface area (Å²) in [5, 5.41) is 0. The van der Waals surface area contributed by atoms with E-state index in [1.165, 1.54) is 6.08 Å². The standard InChI is InChI=1S/C13H16O5S/c1-4-18-12(14)6-5-11-8-9(2)7-10(3)13(11)19(15,16)17/h5-8H,4H2,1-3H3,(H,15,16,17)/b6-5+. The Bertz CT molecular complexity index is 614. The normalized spacial score (nSPS) is 11.8. The fraction of sp³-hybridized carbons (Fsp3) is 0.308. The second kappa shape index (κ2) is 5.99. The van der Waals surface area contributed by atoms with Crippen LogP contribution in [-0.4, -0.2) is 25.5 Å². The van der Waals surface area contributed by atoms with Crippen molar-refractivity contribution in [2.45, 2.75) is 25.7 Å². The molecule has 0 unspecified atom stereocenters.